The number of aromatic nitrogens is 2. The smallest absolute Gasteiger partial charge is 0.330 e. The first-order valence-corrected chi connectivity index (χ1v) is 4.84. The lowest BCUT2D eigenvalue weighted by atomic mass is 10.1. The normalized spacial score (nSPS) is 34.2. The van der Waals surface area contributed by atoms with Crippen molar-refractivity contribution in [3.8, 4) is 0 Å². The van der Waals surface area contributed by atoms with Crippen LogP contribution in [-0.2, 0) is 4.74 Å². The Labute approximate surface area is 89.9 Å². The van der Waals surface area contributed by atoms with Gasteiger partial charge < -0.3 is 14.9 Å². The summed E-state index contributed by atoms with van der Waals surface area (Å²) < 4.78 is 6.27. The Morgan fingerprint density at radius 2 is 2.06 bits per heavy atom. The Balaban J connectivity index is 2.39. The van der Waals surface area contributed by atoms with Crippen LogP contribution < -0.4 is 11.2 Å². The minimum Gasteiger partial charge on any atom is -0.388 e. The summed E-state index contributed by atoms with van der Waals surface area (Å²) in [7, 11) is 0. The Morgan fingerprint density at radius 3 is 2.56 bits per heavy atom. The van der Waals surface area contributed by atoms with Crippen molar-refractivity contribution < 1.29 is 14.9 Å². The Bertz CT molecular complexity index is 493. The lowest BCUT2D eigenvalue weighted by molar-refractivity contribution is -0.0351. The van der Waals surface area contributed by atoms with Crippen LogP contribution in [0, 0.1) is 0 Å². The molecule has 2 rings (SSSR count). The fraction of sp³-hybridized carbons (Fsp3) is 0.556. The van der Waals surface area contributed by atoms with Crippen molar-refractivity contribution in [1.29, 1.82) is 0 Å². The van der Waals surface area contributed by atoms with E-state index in [1.165, 1.54) is 6.20 Å². The number of rotatable bonds is 1. The summed E-state index contributed by atoms with van der Waals surface area (Å²) in [4.78, 5) is 24.3. The maximum Gasteiger partial charge on any atom is 0.330 e. The molecule has 1 aromatic heterocycles. The van der Waals surface area contributed by atoms with Crippen molar-refractivity contribution in [2.45, 2.75) is 31.5 Å². The van der Waals surface area contributed by atoms with Crippen LogP contribution >= 0.6 is 0 Å². The lowest BCUT2D eigenvalue weighted by Gasteiger charge is -2.16. The molecule has 0 aromatic carbocycles. The minimum atomic E-state index is -1.20. The van der Waals surface area contributed by atoms with E-state index in [1.54, 1.807) is 6.92 Å². The highest BCUT2D eigenvalue weighted by Gasteiger charge is 2.41. The topological polar surface area (TPSA) is 105 Å². The monoisotopic (exact) mass is 228 g/mol. The van der Waals surface area contributed by atoms with Crippen molar-refractivity contribution in [2.75, 3.05) is 0 Å². The molecule has 16 heavy (non-hydrogen) atoms. The van der Waals surface area contributed by atoms with Gasteiger partial charge in [-0.3, -0.25) is 14.3 Å². The number of hydrogen-bond acceptors (Lipinski definition) is 5. The molecular weight excluding hydrogens is 216 g/mol. The molecule has 1 aromatic rings. The quantitative estimate of drug-likeness (QED) is 0.524. The number of H-pyrrole nitrogens is 1. The molecular formula is C9H12N2O5. The second-order valence-corrected chi connectivity index (χ2v) is 3.73. The first-order chi connectivity index (χ1) is 7.50. The molecule has 4 atom stereocenters. The van der Waals surface area contributed by atoms with E-state index in [9.17, 15) is 19.8 Å². The summed E-state index contributed by atoms with van der Waals surface area (Å²) >= 11 is 0. The maximum absolute atomic E-state index is 11.4. The maximum atomic E-state index is 11.4. The molecule has 0 radical (unpaired) electrons. The van der Waals surface area contributed by atoms with Gasteiger partial charge in [-0.1, -0.05) is 0 Å². The summed E-state index contributed by atoms with van der Waals surface area (Å²) in [6.45, 7) is 1.59. The molecule has 2 heterocycles. The van der Waals surface area contributed by atoms with E-state index in [2.05, 4.69) is 0 Å². The van der Waals surface area contributed by atoms with Crippen molar-refractivity contribution >= 4 is 0 Å². The molecule has 1 aliphatic rings. The Morgan fingerprint density at radius 1 is 1.38 bits per heavy atom. The van der Waals surface area contributed by atoms with Crippen molar-refractivity contribution in [3.05, 3.63) is 33.1 Å². The predicted octanol–water partition coefficient (Wildman–Crippen LogP) is -1.82. The van der Waals surface area contributed by atoms with Gasteiger partial charge in [0.05, 0.1) is 6.10 Å². The number of aromatic amines is 1. The molecule has 7 nitrogen and oxygen atoms in total. The largest absolute Gasteiger partial charge is 0.388 e. The van der Waals surface area contributed by atoms with Gasteiger partial charge in [0.15, 0.2) is 6.23 Å². The van der Waals surface area contributed by atoms with E-state index >= 15 is 0 Å². The van der Waals surface area contributed by atoms with E-state index in [4.69, 9.17) is 4.74 Å². The van der Waals surface area contributed by atoms with Crippen LogP contribution in [0.2, 0.25) is 0 Å². The number of nitrogens with zero attached hydrogens (tertiary/aromatic N) is 1. The van der Waals surface area contributed by atoms with E-state index < -0.39 is 35.8 Å². The molecule has 1 fully saturated rings. The van der Waals surface area contributed by atoms with Crippen LogP contribution in [-0.4, -0.2) is 38.1 Å². The van der Waals surface area contributed by atoms with Crippen LogP contribution in [0.1, 0.15) is 13.2 Å². The van der Waals surface area contributed by atoms with Crippen LogP contribution in [0.3, 0.4) is 0 Å². The number of hydrogen-bond donors (Lipinski definition) is 3. The van der Waals surface area contributed by atoms with E-state index in [1.807, 2.05) is 4.98 Å². The second kappa shape index (κ2) is 3.85. The molecule has 1 saturated heterocycles. The summed E-state index contributed by atoms with van der Waals surface area (Å²) in [6.07, 6.45) is -2.57. The summed E-state index contributed by atoms with van der Waals surface area (Å²) in [6, 6.07) is 1.15. The number of nitrogens with one attached hydrogen (secondary N) is 1. The zero-order valence-electron chi connectivity index (χ0n) is 8.53. The lowest BCUT2D eigenvalue weighted by Crippen LogP contribution is -2.37. The van der Waals surface area contributed by atoms with Crippen molar-refractivity contribution in [1.82, 2.24) is 9.55 Å². The Hall–Kier alpha value is -1.44. The van der Waals surface area contributed by atoms with Gasteiger partial charge in [-0.2, -0.15) is 0 Å². The predicted molar refractivity (Wildman–Crippen MR) is 52.9 cm³/mol. The third kappa shape index (κ3) is 1.69. The molecule has 88 valence electrons. The number of aliphatic hydroxyl groups is 2. The molecule has 0 spiro atoms. The van der Waals surface area contributed by atoms with Crippen molar-refractivity contribution in [3.63, 3.8) is 0 Å². The van der Waals surface area contributed by atoms with Gasteiger partial charge in [0, 0.05) is 12.3 Å². The van der Waals surface area contributed by atoms with Crippen LogP contribution in [0.25, 0.3) is 0 Å². The highest BCUT2D eigenvalue weighted by Crippen LogP contribution is 2.27. The SMILES string of the molecule is C[C@H]1O[C@@H](n2ccc(=O)[nH]c2=O)C(O)C1O. The molecule has 1 aliphatic heterocycles. The first kappa shape index (κ1) is 11.1. The standard InChI is InChI=1S/C9H12N2O5/c1-4-6(13)7(14)8(16-4)11-3-2-5(12)10-9(11)15/h2-4,6-8,13-14H,1H3,(H,10,12,15)/t4-,6?,7?,8-/m1/s1. The zero-order chi connectivity index (χ0) is 11.9. The molecule has 0 bridgehead atoms. The fourth-order valence-corrected chi connectivity index (χ4v) is 1.69. The molecule has 2 unspecified atom stereocenters. The first-order valence-electron chi connectivity index (χ1n) is 4.84. The summed E-state index contributed by atoms with van der Waals surface area (Å²) in [5.74, 6) is 0. The van der Waals surface area contributed by atoms with Crippen LogP contribution in [0.5, 0.6) is 0 Å². The van der Waals surface area contributed by atoms with Gasteiger partial charge >= 0.3 is 5.69 Å². The highest BCUT2D eigenvalue weighted by molar-refractivity contribution is 4.91. The van der Waals surface area contributed by atoms with Crippen molar-refractivity contribution in [2.24, 2.45) is 0 Å². The van der Waals surface area contributed by atoms with E-state index in [0.717, 1.165) is 10.6 Å². The Kier molecular flexibility index (Phi) is 2.66. The summed E-state index contributed by atoms with van der Waals surface area (Å²) in [5, 5.41) is 19.1. The average Bonchev–Trinajstić information content (AvgIpc) is 2.46. The molecule has 0 amide bonds. The zero-order valence-corrected chi connectivity index (χ0v) is 8.53. The third-order valence-electron chi connectivity index (χ3n) is 2.60. The van der Waals surface area contributed by atoms with Gasteiger partial charge in [-0.25, -0.2) is 4.79 Å². The van der Waals surface area contributed by atoms with E-state index in [0.29, 0.717) is 0 Å². The van der Waals surface area contributed by atoms with Gasteiger partial charge in [0.1, 0.15) is 12.2 Å². The molecule has 3 N–H and O–H groups in total. The van der Waals surface area contributed by atoms with Gasteiger partial charge in [0.25, 0.3) is 5.56 Å². The van der Waals surface area contributed by atoms with Gasteiger partial charge in [-0.05, 0) is 6.92 Å². The third-order valence-corrected chi connectivity index (χ3v) is 2.60. The van der Waals surface area contributed by atoms with Gasteiger partial charge in [-0.15, -0.1) is 0 Å². The number of ether oxygens (including phenoxy) is 1. The minimum absolute atomic E-state index is 0.526. The summed E-state index contributed by atoms with van der Waals surface area (Å²) in [5.41, 5.74) is -1.21. The second-order valence-electron chi connectivity index (χ2n) is 3.73. The molecule has 7 heteroatoms. The van der Waals surface area contributed by atoms with Crippen LogP contribution in [0.4, 0.5) is 0 Å². The highest BCUT2D eigenvalue weighted by atomic mass is 16.6. The van der Waals surface area contributed by atoms with Crippen LogP contribution in [0.15, 0.2) is 21.9 Å². The van der Waals surface area contributed by atoms with Gasteiger partial charge in [0.2, 0.25) is 0 Å². The molecule has 0 aliphatic carbocycles. The average molecular weight is 228 g/mol. The molecule has 0 saturated carbocycles. The number of aliphatic hydroxyl groups excluding tert-OH is 2. The fourth-order valence-electron chi connectivity index (χ4n) is 1.69. The van der Waals surface area contributed by atoms with E-state index in [-0.39, 0.29) is 0 Å².